The van der Waals surface area contributed by atoms with Crippen LogP contribution in [0.4, 0.5) is 0 Å². The van der Waals surface area contributed by atoms with Gasteiger partial charge in [0.05, 0.1) is 12.5 Å². The maximum absolute atomic E-state index is 11.5. The second-order valence-electron chi connectivity index (χ2n) is 4.61. The maximum atomic E-state index is 11.5. The van der Waals surface area contributed by atoms with Crippen LogP contribution in [0.15, 0.2) is 0 Å². The monoisotopic (exact) mass is 229 g/mol. The molecule has 0 saturated carbocycles. The van der Waals surface area contributed by atoms with Crippen molar-refractivity contribution in [1.29, 1.82) is 0 Å². The molecule has 3 unspecified atom stereocenters. The Labute approximate surface area is 97.4 Å². The van der Waals surface area contributed by atoms with E-state index in [0.717, 1.165) is 25.8 Å². The Bertz CT molecular complexity index is 220. The molecule has 1 fully saturated rings. The van der Waals surface area contributed by atoms with Crippen LogP contribution in [0, 0.1) is 11.8 Å². The summed E-state index contributed by atoms with van der Waals surface area (Å²) in [7, 11) is 0. The lowest BCUT2D eigenvalue weighted by Crippen LogP contribution is -2.40. The molecule has 4 heteroatoms. The zero-order valence-electron chi connectivity index (χ0n) is 10.2. The van der Waals surface area contributed by atoms with Crippen LogP contribution in [0.5, 0.6) is 0 Å². The van der Waals surface area contributed by atoms with E-state index in [4.69, 9.17) is 9.84 Å². The second-order valence-corrected chi connectivity index (χ2v) is 4.61. The minimum Gasteiger partial charge on any atom is -0.466 e. The van der Waals surface area contributed by atoms with Crippen molar-refractivity contribution in [3.05, 3.63) is 0 Å². The summed E-state index contributed by atoms with van der Waals surface area (Å²) >= 11 is 0. The van der Waals surface area contributed by atoms with Crippen LogP contribution in [0.2, 0.25) is 0 Å². The number of rotatable bonds is 5. The summed E-state index contributed by atoms with van der Waals surface area (Å²) in [5.41, 5.74) is 0. The van der Waals surface area contributed by atoms with Crippen LogP contribution in [0.1, 0.15) is 33.1 Å². The highest BCUT2D eigenvalue weighted by Crippen LogP contribution is 2.20. The maximum Gasteiger partial charge on any atom is 0.308 e. The van der Waals surface area contributed by atoms with Gasteiger partial charge in [-0.25, -0.2) is 0 Å². The number of aliphatic hydroxyl groups excluding tert-OH is 1. The van der Waals surface area contributed by atoms with E-state index in [0.29, 0.717) is 18.6 Å². The molecule has 4 nitrogen and oxygen atoms in total. The molecule has 1 saturated heterocycles. The van der Waals surface area contributed by atoms with Gasteiger partial charge < -0.3 is 15.2 Å². The normalized spacial score (nSPS) is 27.4. The summed E-state index contributed by atoms with van der Waals surface area (Å²) in [6.07, 6.45) is 2.79. The van der Waals surface area contributed by atoms with Crippen molar-refractivity contribution < 1.29 is 14.6 Å². The lowest BCUT2D eigenvalue weighted by atomic mass is 9.88. The van der Waals surface area contributed by atoms with E-state index in [1.807, 2.05) is 13.8 Å². The predicted molar refractivity (Wildman–Crippen MR) is 62.0 cm³/mol. The Morgan fingerprint density at radius 3 is 3.00 bits per heavy atom. The van der Waals surface area contributed by atoms with E-state index < -0.39 is 0 Å². The molecule has 0 aromatic rings. The topological polar surface area (TPSA) is 58.6 Å². The summed E-state index contributed by atoms with van der Waals surface area (Å²) < 4.78 is 4.98. The minimum atomic E-state index is -0.115. The van der Waals surface area contributed by atoms with Crippen molar-refractivity contribution in [3.63, 3.8) is 0 Å². The summed E-state index contributed by atoms with van der Waals surface area (Å²) in [5.74, 6) is 0.214. The van der Waals surface area contributed by atoms with Crippen LogP contribution in [0.3, 0.4) is 0 Å². The molecule has 1 heterocycles. The number of aliphatic hydroxyl groups is 1. The average Bonchev–Trinajstić information content (AvgIpc) is 2.29. The van der Waals surface area contributed by atoms with E-state index in [9.17, 15) is 4.79 Å². The molecular weight excluding hydrogens is 206 g/mol. The Balaban J connectivity index is 2.32. The van der Waals surface area contributed by atoms with E-state index >= 15 is 0 Å². The Kier molecular flexibility index (Phi) is 5.77. The molecule has 1 rings (SSSR count). The molecule has 3 atom stereocenters. The quantitative estimate of drug-likeness (QED) is 0.689. The van der Waals surface area contributed by atoms with Crippen molar-refractivity contribution in [3.8, 4) is 0 Å². The summed E-state index contributed by atoms with van der Waals surface area (Å²) in [6, 6.07) is 0.338. The molecule has 0 aromatic heterocycles. The Morgan fingerprint density at radius 1 is 1.62 bits per heavy atom. The molecule has 0 amide bonds. The highest BCUT2D eigenvalue weighted by molar-refractivity contribution is 5.71. The first-order valence-corrected chi connectivity index (χ1v) is 6.18. The number of hydrogen-bond acceptors (Lipinski definition) is 4. The number of piperidine rings is 1. The third kappa shape index (κ3) is 4.10. The number of ether oxygens (including phenoxy) is 1. The van der Waals surface area contributed by atoms with Gasteiger partial charge in [-0.15, -0.1) is 0 Å². The zero-order valence-corrected chi connectivity index (χ0v) is 10.2. The number of esters is 1. The summed E-state index contributed by atoms with van der Waals surface area (Å²) in [6.45, 7) is 5.37. The van der Waals surface area contributed by atoms with Crippen LogP contribution >= 0.6 is 0 Å². The second kappa shape index (κ2) is 6.86. The van der Waals surface area contributed by atoms with Gasteiger partial charge >= 0.3 is 5.97 Å². The fraction of sp³-hybridized carbons (Fsp3) is 0.917. The van der Waals surface area contributed by atoms with Gasteiger partial charge in [0.25, 0.3) is 0 Å². The van der Waals surface area contributed by atoms with Gasteiger partial charge in [-0.1, -0.05) is 6.92 Å². The van der Waals surface area contributed by atoms with E-state index in [1.54, 1.807) is 0 Å². The highest BCUT2D eigenvalue weighted by atomic mass is 16.5. The third-order valence-corrected chi connectivity index (χ3v) is 3.19. The molecule has 1 aliphatic heterocycles. The van der Waals surface area contributed by atoms with Crippen molar-refractivity contribution in [2.24, 2.45) is 11.8 Å². The molecule has 0 aliphatic carbocycles. The molecular formula is C12H23NO3. The molecule has 16 heavy (non-hydrogen) atoms. The fourth-order valence-electron chi connectivity index (χ4n) is 2.25. The third-order valence-electron chi connectivity index (χ3n) is 3.19. The van der Waals surface area contributed by atoms with Crippen LogP contribution in [-0.4, -0.2) is 36.9 Å². The van der Waals surface area contributed by atoms with Gasteiger partial charge in [-0.3, -0.25) is 4.79 Å². The standard InChI is InChI=1S/C12H23NO3/c1-3-16-12(15)9(2)6-11-7-10(8-14)4-5-13-11/h9-11,13-14H,3-8H2,1-2H3. The van der Waals surface area contributed by atoms with Crippen LogP contribution in [-0.2, 0) is 9.53 Å². The minimum absolute atomic E-state index is 0.0603. The first kappa shape index (κ1) is 13.5. The smallest absolute Gasteiger partial charge is 0.308 e. The highest BCUT2D eigenvalue weighted by Gasteiger charge is 2.25. The largest absolute Gasteiger partial charge is 0.466 e. The van der Waals surface area contributed by atoms with Crippen molar-refractivity contribution in [1.82, 2.24) is 5.32 Å². The van der Waals surface area contributed by atoms with Gasteiger partial charge in [-0.2, -0.15) is 0 Å². The van der Waals surface area contributed by atoms with Crippen molar-refractivity contribution >= 4 is 5.97 Å². The average molecular weight is 229 g/mol. The van der Waals surface area contributed by atoms with Gasteiger partial charge in [0.2, 0.25) is 0 Å². The molecule has 94 valence electrons. The number of nitrogens with one attached hydrogen (secondary N) is 1. The van der Waals surface area contributed by atoms with Gasteiger partial charge in [-0.05, 0) is 38.6 Å². The molecule has 1 aliphatic rings. The fourth-order valence-corrected chi connectivity index (χ4v) is 2.25. The lowest BCUT2D eigenvalue weighted by Gasteiger charge is -2.30. The van der Waals surface area contributed by atoms with E-state index in [1.165, 1.54) is 0 Å². The first-order chi connectivity index (χ1) is 7.67. The van der Waals surface area contributed by atoms with E-state index in [2.05, 4.69) is 5.32 Å². The van der Waals surface area contributed by atoms with Crippen LogP contribution < -0.4 is 5.32 Å². The number of carbonyl (C=O) groups is 1. The molecule has 0 radical (unpaired) electrons. The van der Waals surface area contributed by atoms with Crippen molar-refractivity contribution in [2.75, 3.05) is 19.8 Å². The molecule has 0 spiro atoms. The van der Waals surface area contributed by atoms with Gasteiger partial charge in [0.1, 0.15) is 0 Å². The van der Waals surface area contributed by atoms with Crippen molar-refractivity contribution in [2.45, 2.75) is 39.2 Å². The van der Waals surface area contributed by atoms with Gasteiger partial charge in [0.15, 0.2) is 0 Å². The molecule has 2 N–H and O–H groups in total. The predicted octanol–water partition coefficient (Wildman–Crippen LogP) is 0.936. The number of carbonyl (C=O) groups excluding carboxylic acids is 1. The van der Waals surface area contributed by atoms with Gasteiger partial charge in [0, 0.05) is 12.6 Å². The van der Waals surface area contributed by atoms with Crippen LogP contribution in [0.25, 0.3) is 0 Å². The number of hydrogen-bond donors (Lipinski definition) is 2. The Morgan fingerprint density at radius 2 is 2.38 bits per heavy atom. The lowest BCUT2D eigenvalue weighted by molar-refractivity contribution is -0.147. The van der Waals surface area contributed by atoms with E-state index in [-0.39, 0.29) is 18.5 Å². The summed E-state index contributed by atoms with van der Waals surface area (Å²) in [4.78, 5) is 11.5. The molecule has 0 bridgehead atoms. The zero-order chi connectivity index (χ0) is 12.0. The molecule has 0 aromatic carbocycles. The first-order valence-electron chi connectivity index (χ1n) is 6.18. The SMILES string of the molecule is CCOC(=O)C(C)CC1CC(CO)CCN1. The summed E-state index contributed by atoms with van der Waals surface area (Å²) in [5, 5.41) is 12.5. The Hall–Kier alpha value is -0.610.